The van der Waals surface area contributed by atoms with Gasteiger partial charge in [0.1, 0.15) is 23.7 Å². The Bertz CT molecular complexity index is 1960. The monoisotopic (exact) mass is 635 g/mol. The van der Waals surface area contributed by atoms with Crippen LogP contribution in [0.2, 0.25) is 0 Å². The Kier molecular flexibility index (Phi) is 7.02. The van der Waals surface area contributed by atoms with E-state index in [1.165, 1.54) is 12.8 Å². The number of aliphatic hydroxyl groups is 2. The number of aliphatic hydroxyl groups excluding tert-OH is 1. The average Bonchev–Trinajstić information content (AvgIpc) is 3.72. The Morgan fingerprint density at radius 3 is 2.51 bits per heavy atom. The number of rotatable bonds is 6. The predicted octanol–water partition coefficient (Wildman–Crippen LogP) is 4.97. The second kappa shape index (κ2) is 11.0. The van der Waals surface area contributed by atoms with Crippen LogP contribution in [0.3, 0.4) is 0 Å². The van der Waals surface area contributed by atoms with Gasteiger partial charge in [-0.2, -0.15) is 0 Å². The standard InChI is InChI=1S/C37H37N3O7/c1-39(2)30-26-17-24-16-23-15-22-11-10-21(18-40-12-6-7-13-40)14-25(22)31(41)27(23)32(42)28(24)34(43)37(26,45)35(44)29-33(30)47-38-36(29)46-19-20-8-4-3-5-9-20/h3-5,8-11,14-15,24,26,30,41-42,45H,6-7,12-13,16-19H2,1-2H3/t24-,26-,30-,37-/m0/s1. The first-order valence-corrected chi connectivity index (χ1v) is 16.2. The van der Waals surface area contributed by atoms with Crippen molar-refractivity contribution in [1.29, 1.82) is 0 Å². The molecule has 242 valence electrons. The lowest BCUT2D eigenvalue weighted by atomic mass is 9.57. The number of hydrogen-bond acceptors (Lipinski definition) is 10. The van der Waals surface area contributed by atoms with Crippen molar-refractivity contribution in [3.63, 3.8) is 0 Å². The molecular weight excluding hydrogens is 598 g/mol. The Labute approximate surface area is 271 Å². The molecule has 0 spiro atoms. The quantitative estimate of drug-likeness (QED) is 0.249. The number of likely N-dealkylation sites (tertiary alicyclic amines) is 1. The number of phenols is 1. The molecule has 2 fully saturated rings. The predicted molar refractivity (Wildman–Crippen MR) is 173 cm³/mol. The molecule has 10 heteroatoms. The lowest BCUT2D eigenvalue weighted by molar-refractivity contribution is -0.142. The van der Waals surface area contributed by atoms with E-state index in [4.69, 9.17) is 9.26 Å². The van der Waals surface area contributed by atoms with Gasteiger partial charge >= 0.3 is 0 Å². The van der Waals surface area contributed by atoms with Gasteiger partial charge in [-0.1, -0.05) is 48.5 Å². The molecule has 0 unspecified atom stereocenters. The molecule has 8 rings (SSSR count). The molecule has 1 saturated heterocycles. The maximum atomic E-state index is 14.5. The van der Waals surface area contributed by atoms with Crippen molar-refractivity contribution in [3.8, 4) is 11.6 Å². The van der Waals surface area contributed by atoms with Crippen LogP contribution in [0, 0.1) is 11.8 Å². The molecule has 1 aromatic heterocycles. The molecular formula is C37H37N3O7. The van der Waals surface area contributed by atoms with E-state index in [1.54, 1.807) is 14.1 Å². The summed E-state index contributed by atoms with van der Waals surface area (Å²) >= 11 is 0. The van der Waals surface area contributed by atoms with Crippen LogP contribution in [0.25, 0.3) is 16.5 Å². The van der Waals surface area contributed by atoms with E-state index in [-0.39, 0.29) is 52.9 Å². The molecule has 4 aliphatic rings. The first-order chi connectivity index (χ1) is 22.7. The number of carbonyl (C=O) groups is 2. The highest BCUT2D eigenvalue weighted by atomic mass is 16.5. The molecule has 3 aliphatic carbocycles. The Hall–Kier alpha value is -4.51. The first-order valence-electron chi connectivity index (χ1n) is 16.2. The van der Waals surface area contributed by atoms with Crippen molar-refractivity contribution in [1.82, 2.24) is 15.0 Å². The number of fused-ring (bicyclic) bond motifs is 5. The minimum Gasteiger partial charge on any atom is -0.507 e. The molecule has 0 bridgehead atoms. The van der Waals surface area contributed by atoms with Gasteiger partial charge in [0, 0.05) is 23.4 Å². The third-order valence-corrected chi connectivity index (χ3v) is 10.6. The summed E-state index contributed by atoms with van der Waals surface area (Å²) in [4.78, 5) is 32.9. The number of aromatic nitrogens is 1. The summed E-state index contributed by atoms with van der Waals surface area (Å²) in [5, 5.41) is 41.1. The van der Waals surface area contributed by atoms with E-state index in [0.29, 0.717) is 17.4 Å². The number of nitrogens with zero attached hydrogens (tertiary/aromatic N) is 3. The molecule has 4 atom stereocenters. The van der Waals surface area contributed by atoms with Crippen LogP contribution in [-0.4, -0.2) is 74.6 Å². The van der Waals surface area contributed by atoms with Gasteiger partial charge in [0.2, 0.25) is 11.6 Å². The number of benzene rings is 3. The highest BCUT2D eigenvalue weighted by Crippen LogP contribution is 2.56. The van der Waals surface area contributed by atoms with Gasteiger partial charge in [-0.25, -0.2) is 0 Å². The molecule has 4 aromatic rings. The maximum absolute atomic E-state index is 14.5. The SMILES string of the molecule is CN(C)[C@@H]1c2onc(OCc3ccccc3)c2C(=O)[C@@]2(O)C(=O)C3=C(O)c4c(cc5ccc(CN6CCCC6)cc5c4O)C[C@H]3C[C@@H]12. The molecule has 47 heavy (non-hydrogen) atoms. The fourth-order valence-electron chi connectivity index (χ4n) is 8.36. The van der Waals surface area contributed by atoms with Crippen molar-refractivity contribution in [2.45, 2.75) is 50.5 Å². The van der Waals surface area contributed by atoms with E-state index >= 15 is 0 Å². The van der Waals surface area contributed by atoms with Gasteiger partial charge in [0.05, 0.1) is 11.6 Å². The van der Waals surface area contributed by atoms with Gasteiger partial charge in [0.25, 0.3) is 5.88 Å². The summed E-state index contributed by atoms with van der Waals surface area (Å²) in [5.41, 5.74) is 0.201. The van der Waals surface area contributed by atoms with Crippen LogP contribution in [0.1, 0.15) is 63.7 Å². The smallest absolute Gasteiger partial charge is 0.265 e. The second-order valence-electron chi connectivity index (χ2n) is 13.6. The number of hydrogen-bond donors (Lipinski definition) is 3. The topological polar surface area (TPSA) is 137 Å². The molecule has 1 aliphatic heterocycles. The summed E-state index contributed by atoms with van der Waals surface area (Å²) in [6.45, 7) is 2.96. The first kappa shape index (κ1) is 29.9. The average molecular weight is 636 g/mol. The zero-order valence-corrected chi connectivity index (χ0v) is 26.4. The molecule has 10 nitrogen and oxygen atoms in total. The summed E-state index contributed by atoms with van der Waals surface area (Å²) < 4.78 is 11.6. The normalized spacial score (nSPS) is 25.6. The van der Waals surface area contributed by atoms with Gasteiger partial charge in [-0.15, -0.1) is 0 Å². The van der Waals surface area contributed by atoms with Gasteiger partial charge < -0.3 is 24.6 Å². The van der Waals surface area contributed by atoms with E-state index in [0.717, 1.165) is 36.1 Å². The minimum atomic E-state index is -2.50. The number of Topliss-reactive ketones (excluding diaryl/α,β-unsaturated/α-hetero) is 2. The minimum absolute atomic E-state index is 0.0309. The third-order valence-electron chi connectivity index (χ3n) is 10.6. The van der Waals surface area contributed by atoms with Gasteiger partial charge in [0.15, 0.2) is 11.4 Å². The Morgan fingerprint density at radius 1 is 1.00 bits per heavy atom. The van der Waals surface area contributed by atoms with E-state index in [9.17, 15) is 24.9 Å². The largest absolute Gasteiger partial charge is 0.507 e. The zero-order valence-electron chi connectivity index (χ0n) is 26.4. The highest BCUT2D eigenvalue weighted by molar-refractivity contribution is 6.26. The Morgan fingerprint density at radius 2 is 1.77 bits per heavy atom. The van der Waals surface area contributed by atoms with Gasteiger partial charge in [-0.05, 0) is 92.1 Å². The lowest BCUT2D eigenvalue weighted by Gasteiger charge is -2.49. The van der Waals surface area contributed by atoms with Crippen molar-refractivity contribution >= 4 is 28.1 Å². The third kappa shape index (κ3) is 4.53. The Balaban J connectivity index is 1.20. The fraction of sp³-hybridized carbons (Fsp3) is 0.378. The van der Waals surface area contributed by atoms with Crippen molar-refractivity contribution in [2.75, 3.05) is 27.2 Å². The van der Waals surface area contributed by atoms with Crippen molar-refractivity contribution in [3.05, 3.63) is 93.7 Å². The van der Waals surface area contributed by atoms with E-state index in [1.807, 2.05) is 53.4 Å². The van der Waals surface area contributed by atoms with Crippen LogP contribution in [-0.2, 0) is 24.4 Å². The van der Waals surface area contributed by atoms with Crippen LogP contribution in [0.4, 0.5) is 0 Å². The molecule has 0 radical (unpaired) electrons. The number of carbonyl (C=O) groups excluding carboxylic acids is 2. The number of ketones is 2. The maximum Gasteiger partial charge on any atom is 0.265 e. The van der Waals surface area contributed by atoms with Crippen LogP contribution < -0.4 is 4.74 Å². The summed E-state index contributed by atoms with van der Waals surface area (Å²) in [6.07, 6.45) is 2.93. The number of phenolic OH excluding ortho intramolecular Hbond substituents is 1. The highest BCUT2D eigenvalue weighted by Gasteiger charge is 2.65. The van der Waals surface area contributed by atoms with Crippen LogP contribution >= 0.6 is 0 Å². The molecule has 3 N–H and O–H groups in total. The summed E-state index contributed by atoms with van der Waals surface area (Å²) in [6, 6.07) is 16.7. The van der Waals surface area contributed by atoms with Crippen molar-refractivity contribution < 1.29 is 34.2 Å². The van der Waals surface area contributed by atoms with Crippen LogP contribution in [0.5, 0.6) is 11.6 Å². The second-order valence-corrected chi connectivity index (χ2v) is 13.6. The van der Waals surface area contributed by atoms with E-state index in [2.05, 4.69) is 16.1 Å². The number of aromatic hydroxyl groups is 1. The molecule has 0 amide bonds. The fourth-order valence-corrected chi connectivity index (χ4v) is 8.36. The van der Waals surface area contributed by atoms with E-state index < -0.39 is 35.0 Å². The molecule has 3 aromatic carbocycles. The van der Waals surface area contributed by atoms with Gasteiger partial charge in [-0.3, -0.25) is 19.4 Å². The lowest BCUT2D eigenvalue weighted by Crippen LogP contribution is -2.63. The van der Waals surface area contributed by atoms with Crippen LogP contribution in [0.15, 0.2) is 64.7 Å². The zero-order chi connectivity index (χ0) is 32.6. The molecule has 2 heterocycles. The summed E-state index contributed by atoms with van der Waals surface area (Å²) in [7, 11) is 3.59. The summed E-state index contributed by atoms with van der Waals surface area (Å²) in [5.74, 6) is -3.42. The molecule has 1 saturated carbocycles. The number of ether oxygens (including phenoxy) is 1. The van der Waals surface area contributed by atoms with Crippen molar-refractivity contribution in [2.24, 2.45) is 11.8 Å².